The summed E-state index contributed by atoms with van der Waals surface area (Å²) < 4.78 is 25.9. The first kappa shape index (κ1) is 22.6. The minimum atomic E-state index is -3.48. The molecule has 0 saturated carbocycles. The van der Waals surface area contributed by atoms with Crippen molar-refractivity contribution in [3.05, 3.63) is 63.7 Å². The lowest BCUT2D eigenvalue weighted by molar-refractivity contribution is -0.121. The van der Waals surface area contributed by atoms with Crippen LogP contribution in [0.5, 0.6) is 0 Å². The lowest BCUT2D eigenvalue weighted by Crippen LogP contribution is -2.33. The molecule has 0 bridgehead atoms. The van der Waals surface area contributed by atoms with E-state index in [1.807, 2.05) is 13.8 Å². The molecule has 0 aliphatic heterocycles. The van der Waals surface area contributed by atoms with Gasteiger partial charge in [0.25, 0.3) is 0 Å². The van der Waals surface area contributed by atoms with Gasteiger partial charge >= 0.3 is 0 Å². The predicted molar refractivity (Wildman–Crippen MR) is 123 cm³/mol. The number of nitrogens with zero attached hydrogens (tertiary/aromatic N) is 1. The van der Waals surface area contributed by atoms with E-state index in [9.17, 15) is 13.2 Å². The molecule has 162 valence electrons. The monoisotopic (exact) mass is 448 g/mol. The minimum Gasteiger partial charge on any atom is -0.350 e. The molecule has 0 saturated heterocycles. The number of sulfonamides is 1. The molecule has 2 aromatic rings. The van der Waals surface area contributed by atoms with Crippen LogP contribution in [-0.4, -0.2) is 27.1 Å². The number of hydrogen-bond acceptors (Lipinski definition) is 3. The molecule has 3 rings (SSSR count). The average Bonchev–Trinajstić information content (AvgIpc) is 3.14. The maximum absolute atomic E-state index is 12.4. The summed E-state index contributed by atoms with van der Waals surface area (Å²) in [7, 11) is -3.48. The number of amides is 1. The number of fused-ring (bicyclic) bond motifs is 1. The number of halogens is 1. The number of nitrogens with one attached hydrogen (secondary N) is 1. The van der Waals surface area contributed by atoms with Gasteiger partial charge in [-0.25, -0.2) is 8.42 Å². The van der Waals surface area contributed by atoms with Crippen molar-refractivity contribution in [2.75, 3.05) is 17.1 Å². The number of carbonyl (C=O) groups is 1. The third-order valence-corrected chi connectivity index (χ3v) is 7.02. The standard InChI is InChI=1S/C23H29ClN2O3S/c1-16-9-12-21(24)15-22(16)26(30(3,28)29)13-5-8-23(27)25-17(2)19-11-10-18-6-4-7-20(18)14-19/h9-12,14-15,17H,4-8,13H2,1-3H3,(H,25,27)/t17-/m0/s1. The second kappa shape index (κ2) is 9.40. The van der Waals surface area contributed by atoms with E-state index in [4.69, 9.17) is 11.6 Å². The molecule has 1 amide bonds. The summed E-state index contributed by atoms with van der Waals surface area (Å²) >= 11 is 6.06. The highest BCUT2D eigenvalue weighted by Crippen LogP contribution is 2.27. The molecule has 0 aromatic heterocycles. The summed E-state index contributed by atoms with van der Waals surface area (Å²) in [5.41, 5.74) is 5.27. The fraction of sp³-hybridized carbons (Fsp3) is 0.435. The molecular formula is C23H29ClN2O3S. The zero-order chi connectivity index (χ0) is 21.9. The Labute approximate surface area is 184 Å². The minimum absolute atomic E-state index is 0.0791. The molecule has 5 nitrogen and oxygen atoms in total. The molecule has 30 heavy (non-hydrogen) atoms. The third kappa shape index (κ3) is 5.55. The number of carbonyl (C=O) groups excluding carboxylic acids is 1. The van der Waals surface area contributed by atoms with E-state index < -0.39 is 10.0 Å². The van der Waals surface area contributed by atoms with Gasteiger partial charge in [0.05, 0.1) is 18.0 Å². The second-order valence-corrected chi connectivity index (χ2v) is 10.4. The van der Waals surface area contributed by atoms with Crippen molar-refractivity contribution in [3.63, 3.8) is 0 Å². The van der Waals surface area contributed by atoms with E-state index in [0.29, 0.717) is 17.1 Å². The third-order valence-electron chi connectivity index (χ3n) is 5.61. The Morgan fingerprint density at radius 2 is 1.90 bits per heavy atom. The van der Waals surface area contributed by atoms with Crippen molar-refractivity contribution in [2.45, 2.75) is 52.0 Å². The summed E-state index contributed by atoms with van der Waals surface area (Å²) in [6.45, 7) is 4.04. The van der Waals surface area contributed by atoms with Crippen LogP contribution in [0.4, 0.5) is 5.69 Å². The number of hydrogen-bond donors (Lipinski definition) is 1. The topological polar surface area (TPSA) is 66.5 Å². The molecule has 1 N–H and O–H groups in total. The molecule has 0 heterocycles. The van der Waals surface area contributed by atoms with Gasteiger partial charge in [-0.15, -0.1) is 0 Å². The van der Waals surface area contributed by atoms with Crippen molar-refractivity contribution in [3.8, 4) is 0 Å². The molecule has 2 aromatic carbocycles. The zero-order valence-corrected chi connectivity index (χ0v) is 19.3. The van der Waals surface area contributed by atoms with Gasteiger partial charge in [0, 0.05) is 18.0 Å². The van der Waals surface area contributed by atoms with Gasteiger partial charge in [-0.05, 0) is 73.9 Å². The fourth-order valence-corrected chi connectivity index (χ4v) is 5.14. The molecule has 0 unspecified atom stereocenters. The van der Waals surface area contributed by atoms with Gasteiger partial charge in [-0.3, -0.25) is 9.10 Å². The first-order valence-corrected chi connectivity index (χ1v) is 12.5. The molecule has 0 radical (unpaired) electrons. The van der Waals surface area contributed by atoms with Crippen LogP contribution in [0, 0.1) is 6.92 Å². The van der Waals surface area contributed by atoms with Gasteiger partial charge < -0.3 is 5.32 Å². The Bertz CT molecular complexity index is 1040. The summed E-state index contributed by atoms with van der Waals surface area (Å²) in [6.07, 6.45) is 5.28. The highest BCUT2D eigenvalue weighted by molar-refractivity contribution is 7.92. The van der Waals surface area contributed by atoms with E-state index in [1.165, 1.54) is 28.1 Å². The van der Waals surface area contributed by atoms with Crippen LogP contribution in [0.1, 0.15) is 54.5 Å². The molecule has 0 fully saturated rings. The molecule has 1 aliphatic rings. The molecular weight excluding hydrogens is 420 g/mol. The van der Waals surface area contributed by atoms with Crippen molar-refractivity contribution in [2.24, 2.45) is 0 Å². The highest BCUT2D eigenvalue weighted by Gasteiger charge is 2.20. The summed E-state index contributed by atoms with van der Waals surface area (Å²) in [6, 6.07) is 11.5. The number of anilines is 1. The second-order valence-electron chi connectivity index (χ2n) is 8.04. The van der Waals surface area contributed by atoms with E-state index in [0.717, 1.165) is 24.0 Å². The summed E-state index contributed by atoms with van der Waals surface area (Å²) in [4.78, 5) is 12.4. The molecule has 1 aliphatic carbocycles. The Morgan fingerprint density at radius 1 is 1.17 bits per heavy atom. The SMILES string of the molecule is Cc1ccc(Cl)cc1N(CCCC(=O)N[C@@H](C)c1ccc2c(c1)CCC2)S(C)(=O)=O. The van der Waals surface area contributed by atoms with Crippen molar-refractivity contribution in [1.82, 2.24) is 5.32 Å². The van der Waals surface area contributed by atoms with E-state index in [-0.39, 0.29) is 24.9 Å². The smallest absolute Gasteiger partial charge is 0.232 e. The van der Waals surface area contributed by atoms with Crippen LogP contribution in [0.15, 0.2) is 36.4 Å². The molecule has 7 heteroatoms. The van der Waals surface area contributed by atoms with Gasteiger partial charge in [0.2, 0.25) is 15.9 Å². The summed E-state index contributed by atoms with van der Waals surface area (Å²) in [5, 5.41) is 3.51. The van der Waals surface area contributed by atoms with Crippen LogP contribution in [-0.2, 0) is 27.7 Å². The maximum atomic E-state index is 12.4. The first-order valence-electron chi connectivity index (χ1n) is 10.3. The lowest BCUT2D eigenvalue weighted by atomic mass is 10.0. The Kier molecular flexibility index (Phi) is 7.09. The van der Waals surface area contributed by atoms with Crippen LogP contribution in [0.2, 0.25) is 5.02 Å². The predicted octanol–water partition coefficient (Wildman–Crippen LogP) is 4.56. The quantitative estimate of drug-likeness (QED) is 0.643. The van der Waals surface area contributed by atoms with Gasteiger partial charge in [-0.2, -0.15) is 0 Å². The summed E-state index contributed by atoms with van der Waals surface area (Å²) in [5.74, 6) is -0.0840. The fourth-order valence-electron chi connectivity index (χ4n) is 3.96. The van der Waals surface area contributed by atoms with Crippen molar-refractivity contribution >= 4 is 33.2 Å². The van der Waals surface area contributed by atoms with Crippen molar-refractivity contribution in [1.29, 1.82) is 0 Å². The highest BCUT2D eigenvalue weighted by atomic mass is 35.5. The average molecular weight is 449 g/mol. The van der Waals surface area contributed by atoms with E-state index >= 15 is 0 Å². The Hall–Kier alpha value is -2.05. The van der Waals surface area contributed by atoms with Gasteiger partial charge in [0.1, 0.15) is 0 Å². The number of rotatable bonds is 8. The maximum Gasteiger partial charge on any atom is 0.232 e. The lowest BCUT2D eigenvalue weighted by Gasteiger charge is -2.24. The van der Waals surface area contributed by atoms with Crippen LogP contribution in [0.25, 0.3) is 0 Å². The molecule has 1 atom stereocenters. The van der Waals surface area contributed by atoms with E-state index in [1.54, 1.807) is 18.2 Å². The van der Waals surface area contributed by atoms with E-state index in [2.05, 4.69) is 23.5 Å². The number of benzene rings is 2. The van der Waals surface area contributed by atoms with Crippen LogP contribution in [0.3, 0.4) is 0 Å². The largest absolute Gasteiger partial charge is 0.350 e. The van der Waals surface area contributed by atoms with Crippen LogP contribution < -0.4 is 9.62 Å². The first-order chi connectivity index (χ1) is 14.1. The van der Waals surface area contributed by atoms with Crippen LogP contribution >= 0.6 is 11.6 Å². The normalized spacial score (nSPS) is 14.3. The molecule has 0 spiro atoms. The van der Waals surface area contributed by atoms with Crippen molar-refractivity contribution < 1.29 is 13.2 Å². The Balaban J connectivity index is 1.58. The zero-order valence-electron chi connectivity index (χ0n) is 17.7. The van der Waals surface area contributed by atoms with Gasteiger partial charge in [0.15, 0.2) is 0 Å². The Morgan fingerprint density at radius 3 is 2.63 bits per heavy atom. The number of aryl methyl sites for hydroxylation is 3. The van der Waals surface area contributed by atoms with Gasteiger partial charge in [-0.1, -0.05) is 35.9 Å².